The summed E-state index contributed by atoms with van der Waals surface area (Å²) in [5, 5.41) is 23.3. The molecule has 2 unspecified atom stereocenters. The predicted octanol–water partition coefficient (Wildman–Crippen LogP) is 17.4. The maximum Gasteiger partial charge on any atom is 0.220 e. The molecule has 0 bridgehead atoms. The molecular weight excluding hydrogens is 711 g/mol. The number of carbonyl (C=O) groups excluding carboxylic acids is 1. The molecule has 0 aliphatic heterocycles. The molecule has 58 heavy (non-hydrogen) atoms. The van der Waals surface area contributed by atoms with E-state index in [0.717, 1.165) is 25.7 Å². The zero-order valence-corrected chi connectivity index (χ0v) is 39.8. The van der Waals surface area contributed by atoms with Gasteiger partial charge in [0.2, 0.25) is 5.91 Å². The lowest BCUT2D eigenvalue weighted by molar-refractivity contribution is -0.123. The summed E-state index contributed by atoms with van der Waals surface area (Å²) in [5.41, 5.74) is 0. The number of rotatable bonds is 50. The van der Waals surface area contributed by atoms with Gasteiger partial charge in [0.05, 0.1) is 18.8 Å². The van der Waals surface area contributed by atoms with Crippen LogP contribution < -0.4 is 5.32 Å². The Hall–Kier alpha value is -0.870. The highest BCUT2D eigenvalue weighted by Gasteiger charge is 2.20. The third kappa shape index (κ3) is 46.2. The number of aliphatic hydroxyl groups is 2. The van der Waals surface area contributed by atoms with Crippen LogP contribution in [-0.4, -0.2) is 34.9 Å². The van der Waals surface area contributed by atoms with Gasteiger partial charge in [-0.25, -0.2) is 0 Å². The van der Waals surface area contributed by atoms with E-state index in [0.29, 0.717) is 12.8 Å². The van der Waals surface area contributed by atoms with Crippen LogP contribution in [0.15, 0.2) is 12.2 Å². The lowest BCUT2D eigenvalue weighted by Crippen LogP contribution is -2.45. The summed E-state index contributed by atoms with van der Waals surface area (Å²) in [4.78, 5) is 12.5. The van der Waals surface area contributed by atoms with Crippen LogP contribution in [0, 0.1) is 0 Å². The molecule has 0 aromatic heterocycles. The first-order valence-electron chi connectivity index (χ1n) is 26.9. The SMILES string of the molecule is CCCCCCCCCCCCCC/C=C\CCCCCCCCCCCCCCCCCC(=O)NC(CO)C(O)CCCCCCCCCCCCCCCCC. The Labute approximate surface area is 365 Å². The number of allylic oxidation sites excluding steroid dienone is 2. The van der Waals surface area contributed by atoms with Gasteiger partial charge >= 0.3 is 0 Å². The van der Waals surface area contributed by atoms with Crippen LogP contribution in [0.3, 0.4) is 0 Å². The second-order valence-electron chi connectivity index (χ2n) is 18.7. The zero-order chi connectivity index (χ0) is 42.1. The molecule has 4 nitrogen and oxygen atoms in total. The lowest BCUT2D eigenvalue weighted by atomic mass is 10.0. The largest absolute Gasteiger partial charge is 0.394 e. The van der Waals surface area contributed by atoms with Crippen molar-refractivity contribution in [2.75, 3.05) is 6.61 Å². The van der Waals surface area contributed by atoms with E-state index in [1.165, 1.54) is 257 Å². The van der Waals surface area contributed by atoms with Crippen LogP contribution in [0.4, 0.5) is 0 Å². The van der Waals surface area contributed by atoms with Crippen molar-refractivity contribution in [3.63, 3.8) is 0 Å². The summed E-state index contributed by atoms with van der Waals surface area (Å²) in [7, 11) is 0. The number of hydrogen-bond donors (Lipinski definition) is 3. The van der Waals surface area contributed by atoms with E-state index >= 15 is 0 Å². The number of hydrogen-bond acceptors (Lipinski definition) is 3. The molecule has 0 spiro atoms. The van der Waals surface area contributed by atoms with Crippen molar-refractivity contribution in [2.24, 2.45) is 0 Å². The average Bonchev–Trinajstić information content (AvgIpc) is 3.23. The van der Waals surface area contributed by atoms with E-state index in [2.05, 4.69) is 31.3 Å². The summed E-state index contributed by atoms with van der Waals surface area (Å²) in [6.07, 6.45) is 64.8. The van der Waals surface area contributed by atoms with Crippen LogP contribution >= 0.6 is 0 Å². The van der Waals surface area contributed by atoms with Crippen LogP contribution in [0.1, 0.15) is 309 Å². The van der Waals surface area contributed by atoms with Crippen molar-refractivity contribution in [1.82, 2.24) is 5.32 Å². The van der Waals surface area contributed by atoms with Gasteiger partial charge in [0.15, 0.2) is 0 Å². The molecule has 0 aromatic carbocycles. The summed E-state index contributed by atoms with van der Waals surface area (Å²) < 4.78 is 0. The fourth-order valence-corrected chi connectivity index (χ4v) is 8.65. The second-order valence-corrected chi connectivity index (χ2v) is 18.7. The first kappa shape index (κ1) is 57.1. The molecular formula is C54H107NO3. The molecule has 0 rings (SSSR count). The minimum absolute atomic E-state index is 0.0258. The van der Waals surface area contributed by atoms with Gasteiger partial charge in [0.1, 0.15) is 0 Å². The molecule has 0 fully saturated rings. The predicted molar refractivity (Wildman–Crippen MR) is 258 cm³/mol. The summed E-state index contributed by atoms with van der Waals surface area (Å²) in [6.45, 7) is 4.39. The maximum absolute atomic E-state index is 12.5. The summed E-state index contributed by atoms with van der Waals surface area (Å²) >= 11 is 0. The third-order valence-electron chi connectivity index (χ3n) is 12.8. The molecule has 346 valence electrons. The minimum Gasteiger partial charge on any atom is -0.394 e. The molecule has 3 N–H and O–H groups in total. The quantitative estimate of drug-likeness (QED) is 0.0423. The second kappa shape index (κ2) is 50.5. The number of carbonyl (C=O) groups is 1. The highest BCUT2D eigenvalue weighted by Crippen LogP contribution is 2.17. The maximum atomic E-state index is 12.5. The van der Waals surface area contributed by atoms with E-state index in [1.54, 1.807) is 0 Å². The van der Waals surface area contributed by atoms with Crippen LogP contribution in [0.5, 0.6) is 0 Å². The highest BCUT2D eigenvalue weighted by molar-refractivity contribution is 5.76. The summed E-state index contributed by atoms with van der Waals surface area (Å²) in [6, 6.07) is -0.532. The van der Waals surface area contributed by atoms with Gasteiger partial charge in [-0.2, -0.15) is 0 Å². The standard InChI is InChI=1S/C54H107NO3/c1-3-5-7-9-11-13-15-17-19-20-21-22-23-24-25-26-27-28-29-30-31-32-33-34-36-38-40-42-44-46-48-50-54(58)55-52(51-56)53(57)49-47-45-43-41-39-37-35-18-16-14-12-10-8-6-4-2/h24-25,52-53,56-57H,3-23,26-51H2,1-2H3,(H,55,58)/b25-24-. The Morgan fingerprint density at radius 1 is 0.397 bits per heavy atom. The first-order chi connectivity index (χ1) is 28.7. The van der Waals surface area contributed by atoms with Gasteiger partial charge in [0, 0.05) is 6.42 Å². The van der Waals surface area contributed by atoms with E-state index in [4.69, 9.17) is 0 Å². The average molecular weight is 818 g/mol. The Kier molecular flexibility index (Phi) is 49.7. The molecule has 0 aliphatic rings. The fraction of sp³-hybridized carbons (Fsp3) is 0.944. The molecule has 0 radical (unpaired) electrons. The van der Waals surface area contributed by atoms with Gasteiger partial charge in [-0.15, -0.1) is 0 Å². The number of unbranched alkanes of at least 4 members (excludes halogenated alkanes) is 41. The monoisotopic (exact) mass is 818 g/mol. The van der Waals surface area contributed by atoms with Crippen molar-refractivity contribution in [3.05, 3.63) is 12.2 Å². The van der Waals surface area contributed by atoms with Crippen LogP contribution in [-0.2, 0) is 4.79 Å². The van der Waals surface area contributed by atoms with Gasteiger partial charge < -0.3 is 15.5 Å². The van der Waals surface area contributed by atoms with Crippen molar-refractivity contribution >= 4 is 5.91 Å². The van der Waals surface area contributed by atoms with Gasteiger partial charge in [-0.3, -0.25) is 4.79 Å². The van der Waals surface area contributed by atoms with E-state index in [-0.39, 0.29) is 12.5 Å². The summed E-state index contributed by atoms with van der Waals surface area (Å²) in [5.74, 6) is -0.0258. The normalized spacial score (nSPS) is 12.8. The smallest absolute Gasteiger partial charge is 0.220 e. The Morgan fingerprint density at radius 2 is 0.655 bits per heavy atom. The first-order valence-corrected chi connectivity index (χ1v) is 26.9. The topological polar surface area (TPSA) is 69.6 Å². The van der Waals surface area contributed by atoms with E-state index in [9.17, 15) is 15.0 Å². The van der Waals surface area contributed by atoms with E-state index in [1.807, 2.05) is 0 Å². The Balaban J connectivity index is 3.40. The molecule has 0 aromatic rings. The van der Waals surface area contributed by atoms with Crippen molar-refractivity contribution in [3.8, 4) is 0 Å². The Morgan fingerprint density at radius 3 is 0.948 bits per heavy atom. The van der Waals surface area contributed by atoms with Crippen LogP contribution in [0.25, 0.3) is 0 Å². The van der Waals surface area contributed by atoms with E-state index < -0.39 is 12.1 Å². The lowest BCUT2D eigenvalue weighted by Gasteiger charge is -2.22. The molecule has 0 saturated carbocycles. The Bertz CT molecular complexity index is 799. The van der Waals surface area contributed by atoms with Crippen molar-refractivity contribution in [1.29, 1.82) is 0 Å². The molecule has 0 saturated heterocycles. The van der Waals surface area contributed by atoms with Gasteiger partial charge in [-0.05, 0) is 38.5 Å². The molecule has 0 heterocycles. The molecule has 0 aliphatic carbocycles. The molecule has 1 amide bonds. The number of aliphatic hydroxyl groups excluding tert-OH is 2. The van der Waals surface area contributed by atoms with Crippen molar-refractivity contribution in [2.45, 2.75) is 321 Å². The number of amides is 1. The molecule has 2 atom stereocenters. The van der Waals surface area contributed by atoms with Gasteiger partial charge in [0.25, 0.3) is 0 Å². The fourth-order valence-electron chi connectivity index (χ4n) is 8.65. The number of nitrogens with one attached hydrogen (secondary N) is 1. The minimum atomic E-state index is -0.655. The van der Waals surface area contributed by atoms with Crippen molar-refractivity contribution < 1.29 is 15.0 Å². The highest BCUT2D eigenvalue weighted by atomic mass is 16.3. The van der Waals surface area contributed by atoms with Crippen LogP contribution in [0.2, 0.25) is 0 Å². The zero-order valence-electron chi connectivity index (χ0n) is 39.8. The third-order valence-corrected chi connectivity index (χ3v) is 12.8. The molecule has 4 heteroatoms. The van der Waals surface area contributed by atoms with Gasteiger partial charge in [-0.1, -0.05) is 276 Å².